The quantitative estimate of drug-likeness (QED) is 0.346. The first kappa shape index (κ1) is 9.51. The molecule has 0 aromatic carbocycles. The fourth-order valence-corrected chi connectivity index (χ4v) is 0.434. The lowest BCUT2D eigenvalue weighted by atomic mass is 10.1. The molecule has 0 unspecified atom stereocenters. The highest BCUT2D eigenvalue weighted by atomic mass is 16.3. The van der Waals surface area contributed by atoms with E-state index < -0.39 is 31.1 Å². The summed E-state index contributed by atoms with van der Waals surface area (Å²) < 4.78 is 0. The molecule has 10 heavy (non-hydrogen) atoms. The zero-order valence-electron chi connectivity index (χ0n) is 5.40. The molecule has 60 valence electrons. The summed E-state index contributed by atoms with van der Waals surface area (Å²) in [7, 11) is 0. The van der Waals surface area contributed by atoms with Crippen LogP contribution in [0.3, 0.4) is 0 Å². The molecule has 5 nitrogen and oxygen atoms in total. The van der Waals surface area contributed by atoms with Crippen LogP contribution in [0.2, 0.25) is 0 Å². The lowest BCUT2D eigenvalue weighted by Gasteiger charge is -2.13. The van der Waals surface area contributed by atoms with Gasteiger partial charge in [0.05, 0.1) is 18.8 Å². The van der Waals surface area contributed by atoms with Crippen LogP contribution in [0.4, 0.5) is 0 Å². The Morgan fingerprint density at radius 1 is 1.50 bits per heavy atom. The Hall–Kier alpha value is -0.490. The van der Waals surface area contributed by atoms with Crippen molar-refractivity contribution in [3.63, 3.8) is 0 Å². The van der Waals surface area contributed by atoms with Gasteiger partial charge in [-0.25, -0.2) is 0 Å². The molecule has 5 N–H and O–H groups in total. The van der Waals surface area contributed by atoms with Gasteiger partial charge in [0.1, 0.15) is 6.61 Å². The minimum atomic E-state index is -1.28. The van der Waals surface area contributed by atoms with Gasteiger partial charge in [0, 0.05) is 0 Å². The summed E-state index contributed by atoms with van der Waals surface area (Å²) in [5.74, 6) is -0.679. The molecular formula is C5H11NO4. The van der Waals surface area contributed by atoms with Gasteiger partial charge in [-0.2, -0.15) is 0 Å². The molecule has 2 atom stereocenters. The van der Waals surface area contributed by atoms with Crippen LogP contribution in [-0.4, -0.2) is 46.5 Å². The number of hydrogen-bond acceptors (Lipinski definition) is 5. The first-order chi connectivity index (χ1) is 4.63. The lowest BCUT2D eigenvalue weighted by molar-refractivity contribution is -0.126. The average molecular weight is 149 g/mol. The predicted molar refractivity (Wildman–Crippen MR) is 33.2 cm³/mol. The molecule has 0 rings (SSSR count). The first-order valence-corrected chi connectivity index (χ1v) is 2.81. The molecule has 5 heteroatoms. The third-order valence-electron chi connectivity index (χ3n) is 1.13. The van der Waals surface area contributed by atoms with E-state index >= 15 is 0 Å². The molecular weight excluding hydrogens is 138 g/mol. The summed E-state index contributed by atoms with van der Waals surface area (Å²) in [6.07, 6.45) is -1.28. The second-order valence-electron chi connectivity index (χ2n) is 1.90. The number of aliphatic hydroxyl groups is 3. The van der Waals surface area contributed by atoms with Crippen LogP contribution in [0.5, 0.6) is 0 Å². The largest absolute Gasteiger partial charge is 0.394 e. The summed E-state index contributed by atoms with van der Waals surface area (Å²) in [5.41, 5.74) is 5.06. The van der Waals surface area contributed by atoms with Gasteiger partial charge in [-0.1, -0.05) is 0 Å². The van der Waals surface area contributed by atoms with Crippen molar-refractivity contribution in [3.8, 4) is 0 Å². The molecule has 0 aromatic rings. The zero-order valence-corrected chi connectivity index (χ0v) is 5.40. The van der Waals surface area contributed by atoms with E-state index in [-0.39, 0.29) is 0 Å². The highest BCUT2D eigenvalue weighted by Crippen LogP contribution is 1.89. The molecule has 0 saturated carbocycles. The number of aliphatic hydroxyl groups excluding tert-OH is 3. The zero-order chi connectivity index (χ0) is 8.15. The van der Waals surface area contributed by atoms with E-state index in [2.05, 4.69) is 0 Å². The van der Waals surface area contributed by atoms with Crippen LogP contribution < -0.4 is 5.73 Å². The molecule has 0 heterocycles. The lowest BCUT2D eigenvalue weighted by Crippen LogP contribution is -2.45. The second kappa shape index (κ2) is 4.35. The minimum absolute atomic E-state index is 0.576. The first-order valence-electron chi connectivity index (χ1n) is 2.81. The van der Waals surface area contributed by atoms with Gasteiger partial charge in [0.25, 0.3) is 0 Å². The van der Waals surface area contributed by atoms with Crippen molar-refractivity contribution >= 4 is 5.78 Å². The van der Waals surface area contributed by atoms with Crippen LogP contribution >= 0.6 is 0 Å². The molecule has 0 fully saturated rings. The molecule has 0 aliphatic heterocycles. The van der Waals surface area contributed by atoms with Gasteiger partial charge in [0.15, 0.2) is 5.78 Å². The summed E-state index contributed by atoms with van der Waals surface area (Å²) in [5, 5.41) is 25.2. The maximum Gasteiger partial charge on any atom is 0.177 e. The third-order valence-corrected chi connectivity index (χ3v) is 1.13. The molecule has 0 saturated heterocycles. The fraction of sp³-hybridized carbons (Fsp3) is 0.800. The summed E-state index contributed by atoms with van der Waals surface area (Å²) >= 11 is 0. The van der Waals surface area contributed by atoms with Crippen LogP contribution in [0.15, 0.2) is 0 Å². The van der Waals surface area contributed by atoms with Gasteiger partial charge in [-0.05, 0) is 0 Å². The molecule has 0 aliphatic carbocycles. The number of nitrogens with two attached hydrogens (primary N) is 1. The van der Waals surface area contributed by atoms with E-state index in [4.69, 9.17) is 21.1 Å². The van der Waals surface area contributed by atoms with E-state index in [1.807, 2.05) is 0 Å². The summed E-state index contributed by atoms with van der Waals surface area (Å²) in [6.45, 7) is -1.29. The van der Waals surface area contributed by atoms with Crippen LogP contribution in [-0.2, 0) is 4.79 Å². The van der Waals surface area contributed by atoms with Gasteiger partial charge in [-0.3, -0.25) is 4.79 Å². The van der Waals surface area contributed by atoms with Crippen molar-refractivity contribution in [1.82, 2.24) is 0 Å². The van der Waals surface area contributed by atoms with Crippen LogP contribution in [0.25, 0.3) is 0 Å². The SMILES string of the molecule is N[C@@H](C(=O)CO)[C@H](O)CO. The maximum absolute atomic E-state index is 10.5. The Morgan fingerprint density at radius 3 is 2.30 bits per heavy atom. The molecule has 0 aliphatic rings. The number of Topliss-reactive ketones (excluding diaryl/α,β-unsaturated/α-hetero) is 1. The van der Waals surface area contributed by atoms with Crippen molar-refractivity contribution in [1.29, 1.82) is 0 Å². The molecule has 0 radical (unpaired) electrons. The van der Waals surface area contributed by atoms with E-state index in [0.29, 0.717) is 0 Å². The topological polar surface area (TPSA) is 104 Å². The van der Waals surface area contributed by atoms with E-state index in [1.165, 1.54) is 0 Å². The van der Waals surface area contributed by atoms with Gasteiger partial charge < -0.3 is 21.1 Å². The number of carbonyl (C=O) groups excluding carboxylic acids is 1. The summed E-state index contributed by atoms with van der Waals surface area (Å²) in [6, 6.07) is -1.19. The highest BCUT2D eigenvalue weighted by molar-refractivity contribution is 5.85. The normalized spacial score (nSPS) is 16.4. The molecule has 0 spiro atoms. The standard InChI is InChI=1S/C5H11NO4/c6-5(3(9)1-7)4(10)2-8/h3,5,7-9H,1-2,6H2/t3-,5-/m1/s1. The van der Waals surface area contributed by atoms with E-state index in [9.17, 15) is 4.79 Å². The van der Waals surface area contributed by atoms with Crippen LogP contribution in [0.1, 0.15) is 0 Å². The Bertz CT molecular complexity index is 116. The van der Waals surface area contributed by atoms with Gasteiger partial charge in [-0.15, -0.1) is 0 Å². The number of carbonyl (C=O) groups is 1. The van der Waals surface area contributed by atoms with E-state index in [0.717, 1.165) is 0 Å². The summed E-state index contributed by atoms with van der Waals surface area (Å²) in [4.78, 5) is 10.5. The Morgan fingerprint density at radius 2 is 2.00 bits per heavy atom. The second-order valence-corrected chi connectivity index (χ2v) is 1.90. The number of ketones is 1. The van der Waals surface area contributed by atoms with Crippen molar-refractivity contribution in [2.75, 3.05) is 13.2 Å². The highest BCUT2D eigenvalue weighted by Gasteiger charge is 2.20. The Balaban J connectivity index is 3.81. The van der Waals surface area contributed by atoms with Crippen LogP contribution in [0, 0.1) is 0 Å². The Kier molecular flexibility index (Phi) is 4.13. The fourth-order valence-electron chi connectivity index (χ4n) is 0.434. The van der Waals surface area contributed by atoms with Crippen molar-refractivity contribution in [2.24, 2.45) is 5.73 Å². The molecule has 0 amide bonds. The van der Waals surface area contributed by atoms with Crippen molar-refractivity contribution < 1.29 is 20.1 Å². The van der Waals surface area contributed by atoms with Crippen molar-refractivity contribution in [3.05, 3.63) is 0 Å². The minimum Gasteiger partial charge on any atom is -0.394 e. The molecule has 0 bridgehead atoms. The smallest absolute Gasteiger partial charge is 0.177 e. The third kappa shape index (κ3) is 2.40. The predicted octanol–water partition coefficient (Wildman–Crippen LogP) is -2.77. The number of hydrogen-bond donors (Lipinski definition) is 4. The Labute approximate surface area is 58.1 Å². The molecule has 0 aromatic heterocycles. The average Bonchev–Trinajstić information content (AvgIpc) is 2.00. The van der Waals surface area contributed by atoms with Gasteiger partial charge in [0.2, 0.25) is 0 Å². The monoisotopic (exact) mass is 149 g/mol. The maximum atomic E-state index is 10.5. The van der Waals surface area contributed by atoms with Gasteiger partial charge >= 0.3 is 0 Å². The number of rotatable bonds is 4. The van der Waals surface area contributed by atoms with E-state index in [1.54, 1.807) is 0 Å². The van der Waals surface area contributed by atoms with Crippen molar-refractivity contribution in [2.45, 2.75) is 12.1 Å².